The Morgan fingerprint density at radius 3 is 1.61 bits per heavy atom. The minimum atomic E-state index is -1.04. The molecule has 0 amide bonds. The van der Waals surface area contributed by atoms with Crippen molar-refractivity contribution in [1.82, 2.24) is 0 Å². The molecule has 0 aromatic carbocycles. The van der Waals surface area contributed by atoms with Gasteiger partial charge >= 0.3 is 0 Å². The third kappa shape index (κ3) is 11.7. The number of hydrogen-bond donors (Lipinski definition) is 3. The SMILES string of the molecule is C=CC(N)(CO)C(O)CCCCCCCCCCCCCCC. The van der Waals surface area contributed by atoms with Crippen LogP contribution in [-0.2, 0) is 0 Å². The molecule has 2 atom stereocenters. The predicted octanol–water partition coefficient (Wildman–Crippen LogP) is 4.70. The largest absolute Gasteiger partial charge is 0.394 e. The lowest BCUT2D eigenvalue weighted by atomic mass is 9.90. The highest BCUT2D eigenvalue weighted by Crippen LogP contribution is 2.17. The van der Waals surface area contributed by atoms with Crippen molar-refractivity contribution in [1.29, 1.82) is 0 Å². The van der Waals surface area contributed by atoms with E-state index < -0.39 is 11.6 Å². The summed E-state index contributed by atoms with van der Waals surface area (Å²) in [5, 5.41) is 19.2. The topological polar surface area (TPSA) is 66.5 Å². The Kier molecular flexibility index (Phi) is 14.9. The Bertz CT molecular complexity index is 270. The summed E-state index contributed by atoms with van der Waals surface area (Å²) >= 11 is 0. The summed E-state index contributed by atoms with van der Waals surface area (Å²) in [4.78, 5) is 0. The van der Waals surface area contributed by atoms with Gasteiger partial charge < -0.3 is 15.9 Å². The summed E-state index contributed by atoms with van der Waals surface area (Å²) in [6.45, 7) is 5.60. The van der Waals surface area contributed by atoms with E-state index in [0.717, 1.165) is 12.8 Å². The molecule has 0 aliphatic carbocycles. The molecule has 4 N–H and O–H groups in total. The van der Waals surface area contributed by atoms with Crippen molar-refractivity contribution in [2.75, 3.05) is 6.61 Å². The van der Waals surface area contributed by atoms with E-state index in [9.17, 15) is 10.2 Å². The van der Waals surface area contributed by atoms with Crippen LogP contribution in [0.4, 0.5) is 0 Å². The van der Waals surface area contributed by atoms with Gasteiger partial charge in [0.05, 0.1) is 18.2 Å². The third-order valence-corrected chi connectivity index (χ3v) is 4.86. The minimum absolute atomic E-state index is 0.254. The molecule has 0 saturated carbocycles. The van der Waals surface area contributed by atoms with E-state index in [0.29, 0.717) is 6.42 Å². The van der Waals surface area contributed by atoms with E-state index in [-0.39, 0.29) is 6.61 Å². The molecule has 0 aromatic heterocycles. The van der Waals surface area contributed by atoms with Crippen LogP contribution < -0.4 is 5.73 Å². The number of aliphatic hydroxyl groups excluding tert-OH is 2. The molecule has 0 bridgehead atoms. The van der Waals surface area contributed by atoms with E-state index in [1.165, 1.54) is 76.7 Å². The maximum Gasteiger partial charge on any atom is 0.0834 e. The second-order valence-corrected chi connectivity index (χ2v) is 7.02. The Morgan fingerprint density at radius 1 is 0.870 bits per heavy atom. The first-order chi connectivity index (χ1) is 11.1. The van der Waals surface area contributed by atoms with Gasteiger partial charge in [0.1, 0.15) is 0 Å². The number of hydrogen-bond acceptors (Lipinski definition) is 3. The molecule has 0 fully saturated rings. The van der Waals surface area contributed by atoms with Gasteiger partial charge in [0.2, 0.25) is 0 Å². The van der Waals surface area contributed by atoms with Gasteiger partial charge in [0.25, 0.3) is 0 Å². The second kappa shape index (κ2) is 15.2. The quantitative estimate of drug-likeness (QED) is 0.268. The fourth-order valence-electron chi connectivity index (χ4n) is 2.93. The van der Waals surface area contributed by atoms with Crippen molar-refractivity contribution in [3.05, 3.63) is 12.7 Å². The van der Waals surface area contributed by atoms with E-state index in [4.69, 9.17) is 5.73 Å². The van der Waals surface area contributed by atoms with Crippen molar-refractivity contribution in [2.45, 2.75) is 108 Å². The average Bonchev–Trinajstić information content (AvgIpc) is 2.58. The van der Waals surface area contributed by atoms with Gasteiger partial charge in [-0.25, -0.2) is 0 Å². The summed E-state index contributed by atoms with van der Waals surface area (Å²) in [7, 11) is 0. The molecule has 138 valence electrons. The highest BCUT2D eigenvalue weighted by Gasteiger charge is 2.29. The molecular formula is C20H41NO2. The van der Waals surface area contributed by atoms with Crippen LogP contribution in [0.2, 0.25) is 0 Å². The van der Waals surface area contributed by atoms with Gasteiger partial charge in [-0.15, -0.1) is 6.58 Å². The highest BCUT2D eigenvalue weighted by molar-refractivity contribution is 5.05. The number of nitrogens with two attached hydrogens (primary N) is 1. The van der Waals surface area contributed by atoms with Gasteiger partial charge in [0, 0.05) is 0 Å². The normalized spacial score (nSPS) is 15.3. The highest BCUT2D eigenvalue weighted by atomic mass is 16.3. The first-order valence-corrected chi connectivity index (χ1v) is 9.82. The summed E-state index contributed by atoms with van der Waals surface area (Å²) in [6.07, 6.45) is 18.5. The fraction of sp³-hybridized carbons (Fsp3) is 0.900. The molecule has 3 nitrogen and oxygen atoms in total. The lowest BCUT2D eigenvalue weighted by molar-refractivity contribution is 0.0615. The van der Waals surface area contributed by atoms with Crippen LogP contribution in [0.5, 0.6) is 0 Å². The first-order valence-electron chi connectivity index (χ1n) is 9.82. The molecule has 3 heteroatoms. The maximum absolute atomic E-state index is 9.99. The van der Waals surface area contributed by atoms with Crippen molar-refractivity contribution in [3.8, 4) is 0 Å². The van der Waals surface area contributed by atoms with Crippen molar-refractivity contribution in [2.24, 2.45) is 5.73 Å². The van der Waals surface area contributed by atoms with Gasteiger partial charge in [-0.05, 0) is 6.42 Å². The Balaban J connectivity index is 3.32. The molecule has 0 spiro atoms. The zero-order chi connectivity index (χ0) is 17.4. The molecule has 0 aromatic rings. The van der Waals surface area contributed by atoms with Gasteiger partial charge in [-0.2, -0.15) is 0 Å². The summed E-state index contributed by atoms with van der Waals surface area (Å²) in [5.74, 6) is 0. The molecule has 23 heavy (non-hydrogen) atoms. The van der Waals surface area contributed by atoms with Crippen LogP contribution in [0.15, 0.2) is 12.7 Å². The number of unbranched alkanes of at least 4 members (excludes halogenated alkanes) is 12. The standard InChI is InChI=1S/C20H41NO2/c1-3-5-6-7-8-9-10-11-12-13-14-15-16-17-19(23)20(21,4-2)18-22/h4,19,22-23H,2-3,5-18,21H2,1H3. The van der Waals surface area contributed by atoms with Crippen molar-refractivity contribution < 1.29 is 10.2 Å². The van der Waals surface area contributed by atoms with E-state index in [1.807, 2.05) is 0 Å². The molecule has 0 rings (SSSR count). The number of aliphatic hydroxyl groups is 2. The summed E-state index contributed by atoms with van der Waals surface area (Å²) in [6, 6.07) is 0. The van der Waals surface area contributed by atoms with Crippen LogP contribution in [0.3, 0.4) is 0 Å². The molecule has 0 aliphatic rings. The summed E-state index contributed by atoms with van der Waals surface area (Å²) < 4.78 is 0. The molecule has 0 radical (unpaired) electrons. The fourth-order valence-corrected chi connectivity index (χ4v) is 2.93. The van der Waals surface area contributed by atoms with E-state index >= 15 is 0 Å². The van der Waals surface area contributed by atoms with Crippen molar-refractivity contribution in [3.63, 3.8) is 0 Å². The Morgan fingerprint density at radius 2 is 1.26 bits per heavy atom. The monoisotopic (exact) mass is 327 g/mol. The average molecular weight is 328 g/mol. The smallest absolute Gasteiger partial charge is 0.0834 e. The van der Waals surface area contributed by atoms with Crippen LogP contribution >= 0.6 is 0 Å². The van der Waals surface area contributed by atoms with Crippen LogP contribution in [0.25, 0.3) is 0 Å². The van der Waals surface area contributed by atoms with E-state index in [2.05, 4.69) is 13.5 Å². The maximum atomic E-state index is 9.99. The first kappa shape index (κ1) is 22.6. The molecule has 0 heterocycles. The third-order valence-electron chi connectivity index (χ3n) is 4.86. The zero-order valence-corrected chi connectivity index (χ0v) is 15.4. The zero-order valence-electron chi connectivity index (χ0n) is 15.4. The van der Waals surface area contributed by atoms with E-state index in [1.54, 1.807) is 0 Å². The van der Waals surface area contributed by atoms with Gasteiger partial charge in [0.15, 0.2) is 0 Å². The molecular weight excluding hydrogens is 286 g/mol. The van der Waals surface area contributed by atoms with Crippen LogP contribution in [-0.4, -0.2) is 28.5 Å². The number of rotatable bonds is 17. The van der Waals surface area contributed by atoms with Gasteiger partial charge in [-0.1, -0.05) is 96.5 Å². The minimum Gasteiger partial charge on any atom is -0.394 e. The lowest BCUT2D eigenvalue weighted by Gasteiger charge is -2.29. The van der Waals surface area contributed by atoms with Crippen LogP contribution in [0.1, 0.15) is 96.8 Å². The second-order valence-electron chi connectivity index (χ2n) is 7.02. The Labute approximate surface area is 144 Å². The van der Waals surface area contributed by atoms with Crippen LogP contribution in [0, 0.1) is 0 Å². The predicted molar refractivity (Wildman–Crippen MR) is 101 cm³/mol. The molecule has 2 unspecified atom stereocenters. The Hall–Kier alpha value is -0.380. The summed E-state index contributed by atoms with van der Waals surface area (Å²) in [5.41, 5.74) is 4.82. The van der Waals surface area contributed by atoms with Crippen molar-refractivity contribution >= 4 is 0 Å². The molecule has 0 saturated heterocycles. The lowest BCUT2D eigenvalue weighted by Crippen LogP contribution is -2.52. The molecule has 0 aliphatic heterocycles. The van der Waals surface area contributed by atoms with Gasteiger partial charge in [-0.3, -0.25) is 0 Å².